The van der Waals surface area contributed by atoms with Crippen LogP contribution in [-0.2, 0) is 0 Å². The van der Waals surface area contributed by atoms with Crippen LogP contribution in [0.3, 0.4) is 0 Å². The summed E-state index contributed by atoms with van der Waals surface area (Å²) in [7, 11) is 0. The zero-order chi connectivity index (χ0) is 15.2. The number of carbonyl (C=O) groups excluding carboxylic acids is 1. The van der Waals surface area contributed by atoms with Crippen LogP contribution in [0.5, 0.6) is 0 Å². The second kappa shape index (κ2) is 7.69. The van der Waals surface area contributed by atoms with E-state index in [2.05, 4.69) is 24.5 Å². The van der Waals surface area contributed by atoms with Crippen molar-refractivity contribution in [3.8, 4) is 0 Å². The van der Waals surface area contributed by atoms with E-state index in [1.807, 2.05) is 6.07 Å². The maximum Gasteiger partial charge on any atom is 0.263 e. The van der Waals surface area contributed by atoms with E-state index in [4.69, 9.17) is 5.73 Å². The highest BCUT2D eigenvalue weighted by molar-refractivity contribution is 7.18. The van der Waals surface area contributed by atoms with Gasteiger partial charge < -0.3 is 16.4 Å². The molecule has 118 valence electrons. The van der Waals surface area contributed by atoms with E-state index < -0.39 is 0 Å². The predicted octanol–water partition coefficient (Wildman–Crippen LogP) is 3.85. The van der Waals surface area contributed by atoms with Gasteiger partial charge in [0.25, 0.3) is 5.91 Å². The fraction of sp³-hybridized carbons (Fsp3) is 0.688. The van der Waals surface area contributed by atoms with E-state index in [9.17, 15) is 4.79 Å². The van der Waals surface area contributed by atoms with Crippen LogP contribution in [-0.4, -0.2) is 18.5 Å². The number of anilines is 2. The Hall–Kier alpha value is -1.23. The maximum absolute atomic E-state index is 12.1. The molecule has 5 heteroatoms. The minimum absolute atomic E-state index is 0.0222. The van der Waals surface area contributed by atoms with E-state index in [0.29, 0.717) is 22.5 Å². The molecule has 0 saturated heterocycles. The van der Waals surface area contributed by atoms with Crippen molar-refractivity contribution in [1.82, 2.24) is 5.32 Å². The molecule has 1 amide bonds. The van der Waals surface area contributed by atoms with E-state index in [1.54, 1.807) is 0 Å². The Labute approximate surface area is 131 Å². The summed E-state index contributed by atoms with van der Waals surface area (Å²) in [6.07, 6.45) is 7.16. The molecule has 0 aliphatic heterocycles. The van der Waals surface area contributed by atoms with Gasteiger partial charge in [-0.05, 0) is 31.2 Å². The first kappa shape index (κ1) is 16.1. The molecule has 2 rings (SSSR count). The Morgan fingerprint density at radius 3 is 2.86 bits per heavy atom. The molecule has 0 bridgehead atoms. The molecular formula is C16H27N3OS. The summed E-state index contributed by atoms with van der Waals surface area (Å²) >= 11 is 1.47. The van der Waals surface area contributed by atoms with Gasteiger partial charge in [0, 0.05) is 12.6 Å². The third-order valence-electron chi connectivity index (χ3n) is 3.99. The van der Waals surface area contributed by atoms with E-state index in [1.165, 1.54) is 37.0 Å². The summed E-state index contributed by atoms with van der Waals surface area (Å²) in [5.74, 6) is 0.670. The highest BCUT2D eigenvalue weighted by Gasteiger charge is 2.25. The lowest BCUT2D eigenvalue weighted by Gasteiger charge is -2.14. The Bertz CT molecular complexity index is 468. The number of unbranched alkanes of at least 4 members (excludes halogenated alkanes) is 1. The normalized spacial score (nSPS) is 15.7. The highest BCUT2D eigenvalue weighted by atomic mass is 32.1. The molecular weight excluding hydrogens is 282 g/mol. The van der Waals surface area contributed by atoms with Crippen molar-refractivity contribution in [1.29, 1.82) is 0 Å². The number of nitrogens with two attached hydrogens (primary N) is 1. The summed E-state index contributed by atoms with van der Waals surface area (Å²) in [5.41, 5.74) is 6.55. The van der Waals surface area contributed by atoms with Gasteiger partial charge in [0.05, 0.1) is 10.7 Å². The lowest BCUT2D eigenvalue weighted by molar-refractivity contribution is 0.0956. The monoisotopic (exact) mass is 309 g/mol. The molecule has 1 atom stereocenters. The molecule has 1 aromatic rings. The molecule has 4 N–H and O–H groups in total. The molecule has 4 nitrogen and oxygen atoms in total. The molecule has 1 saturated carbocycles. The first-order chi connectivity index (χ1) is 10.1. The number of thiophene rings is 1. The third-order valence-corrected chi connectivity index (χ3v) is 5.10. The van der Waals surface area contributed by atoms with Crippen molar-refractivity contribution in [3.05, 3.63) is 10.9 Å². The van der Waals surface area contributed by atoms with Crippen molar-refractivity contribution in [2.45, 2.75) is 58.4 Å². The highest BCUT2D eigenvalue weighted by Crippen LogP contribution is 2.30. The number of amides is 1. The van der Waals surface area contributed by atoms with Gasteiger partial charge in [-0.3, -0.25) is 4.79 Å². The van der Waals surface area contributed by atoms with Crippen molar-refractivity contribution in [2.24, 2.45) is 5.92 Å². The van der Waals surface area contributed by atoms with Gasteiger partial charge in [0.2, 0.25) is 0 Å². The number of nitrogens with one attached hydrogen (secondary N) is 2. The molecule has 1 aliphatic rings. The summed E-state index contributed by atoms with van der Waals surface area (Å²) < 4.78 is 0. The van der Waals surface area contributed by atoms with Crippen LogP contribution < -0.4 is 16.4 Å². The molecule has 1 unspecified atom stereocenters. The molecule has 1 heterocycles. The molecule has 0 radical (unpaired) electrons. The van der Waals surface area contributed by atoms with Crippen LogP contribution in [0.2, 0.25) is 0 Å². The zero-order valence-corrected chi connectivity index (χ0v) is 13.9. The average molecular weight is 309 g/mol. The average Bonchev–Trinajstić information content (AvgIpc) is 3.20. The van der Waals surface area contributed by atoms with Gasteiger partial charge in [-0.25, -0.2) is 0 Å². The fourth-order valence-electron chi connectivity index (χ4n) is 2.34. The summed E-state index contributed by atoms with van der Waals surface area (Å²) in [6, 6.07) is 2.26. The number of hydrogen-bond acceptors (Lipinski definition) is 4. The minimum atomic E-state index is -0.0222. The SMILES string of the molecule is CCCCC(CC)CNc1cc(N)c(C(=O)NC2CC2)s1. The third kappa shape index (κ3) is 4.92. The largest absolute Gasteiger partial charge is 0.397 e. The fourth-order valence-corrected chi connectivity index (χ4v) is 3.23. The van der Waals surface area contributed by atoms with Gasteiger partial charge in [0.1, 0.15) is 4.88 Å². The summed E-state index contributed by atoms with van der Waals surface area (Å²) in [4.78, 5) is 12.7. The van der Waals surface area contributed by atoms with Crippen molar-refractivity contribution >= 4 is 27.9 Å². The minimum Gasteiger partial charge on any atom is -0.397 e. The maximum atomic E-state index is 12.1. The van der Waals surface area contributed by atoms with Gasteiger partial charge >= 0.3 is 0 Å². The molecule has 0 spiro atoms. The molecule has 1 aliphatic carbocycles. The van der Waals surface area contributed by atoms with Crippen molar-refractivity contribution < 1.29 is 4.79 Å². The number of hydrogen-bond donors (Lipinski definition) is 3. The second-order valence-corrected chi connectivity index (χ2v) is 6.99. The quantitative estimate of drug-likeness (QED) is 0.649. The van der Waals surface area contributed by atoms with Crippen LogP contribution in [0.25, 0.3) is 0 Å². The van der Waals surface area contributed by atoms with Gasteiger partial charge in [0.15, 0.2) is 0 Å². The predicted molar refractivity (Wildman–Crippen MR) is 91.0 cm³/mol. The van der Waals surface area contributed by atoms with E-state index >= 15 is 0 Å². The number of carbonyl (C=O) groups is 1. The van der Waals surface area contributed by atoms with Gasteiger partial charge in [-0.15, -0.1) is 11.3 Å². The Kier molecular flexibility index (Phi) is 5.91. The smallest absolute Gasteiger partial charge is 0.263 e. The Morgan fingerprint density at radius 1 is 1.48 bits per heavy atom. The second-order valence-electron chi connectivity index (χ2n) is 5.94. The molecule has 0 aromatic carbocycles. The van der Waals surface area contributed by atoms with Gasteiger partial charge in [-0.1, -0.05) is 33.1 Å². The molecule has 21 heavy (non-hydrogen) atoms. The first-order valence-electron chi connectivity index (χ1n) is 8.08. The van der Waals surface area contributed by atoms with Crippen LogP contribution in [0.1, 0.15) is 62.0 Å². The summed E-state index contributed by atoms with van der Waals surface area (Å²) in [6.45, 7) is 5.42. The topological polar surface area (TPSA) is 67.1 Å². The lowest BCUT2D eigenvalue weighted by Crippen LogP contribution is -2.25. The van der Waals surface area contributed by atoms with Crippen LogP contribution in [0, 0.1) is 5.92 Å². The van der Waals surface area contributed by atoms with Crippen LogP contribution in [0.4, 0.5) is 10.7 Å². The molecule has 1 fully saturated rings. The van der Waals surface area contributed by atoms with Crippen molar-refractivity contribution in [2.75, 3.05) is 17.6 Å². The first-order valence-corrected chi connectivity index (χ1v) is 8.89. The van der Waals surface area contributed by atoms with Gasteiger partial charge in [-0.2, -0.15) is 0 Å². The lowest BCUT2D eigenvalue weighted by atomic mass is 9.99. The van der Waals surface area contributed by atoms with Crippen molar-refractivity contribution in [3.63, 3.8) is 0 Å². The van der Waals surface area contributed by atoms with E-state index in [0.717, 1.165) is 24.4 Å². The zero-order valence-electron chi connectivity index (χ0n) is 13.1. The van der Waals surface area contributed by atoms with Crippen LogP contribution >= 0.6 is 11.3 Å². The number of nitrogen functional groups attached to an aromatic ring is 1. The standard InChI is InChI=1S/C16H27N3OS/c1-3-5-6-11(4-2)10-18-14-9-13(17)15(21-14)16(20)19-12-7-8-12/h9,11-12,18H,3-8,10,17H2,1-2H3,(H,19,20). The Balaban J connectivity index is 1.86. The van der Waals surface area contributed by atoms with E-state index in [-0.39, 0.29) is 5.91 Å². The number of rotatable bonds is 9. The Morgan fingerprint density at radius 2 is 2.24 bits per heavy atom. The summed E-state index contributed by atoms with van der Waals surface area (Å²) in [5, 5.41) is 7.44. The van der Waals surface area contributed by atoms with Crippen LogP contribution in [0.15, 0.2) is 6.07 Å². The molecule has 1 aromatic heterocycles.